The van der Waals surface area contributed by atoms with E-state index in [9.17, 15) is 14.7 Å². The molecule has 1 atom stereocenters. The van der Waals surface area contributed by atoms with Crippen LogP contribution in [0.15, 0.2) is 84.7 Å². The van der Waals surface area contributed by atoms with E-state index in [1.54, 1.807) is 42.7 Å². The van der Waals surface area contributed by atoms with Gasteiger partial charge in [-0.1, -0.05) is 48.0 Å². The van der Waals surface area contributed by atoms with E-state index < -0.39 is 17.7 Å². The zero-order valence-electron chi connectivity index (χ0n) is 15.7. The molecule has 0 radical (unpaired) electrons. The normalized spacial score (nSPS) is 17.6. The van der Waals surface area contributed by atoms with Crippen LogP contribution in [0, 0.1) is 0 Å². The molecule has 0 saturated carbocycles. The molecule has 0 spiro atoms. The predicted molar refractivity (Wildman–Crippen MR) is 117 cm³/mol. The Morgan fingerprint density at radius 2 is 1.70 bits per heavy atom. The number of pyridine rings is 1. The number of carbonyl (C=O) groups excluding carboxylic acids is 2. The third-order valence-corrected chi connectivity index (χ3v) is 5.10. The number of nitrogens with zero attached hydrogens (tertiary/aromatic N) is 2. The highest BCUT2D eigenvalue weighted by Gasteiger charge is 2.46. The zero-order chi connectivity index (χ0) is 20.4. The highest BCUT2D eigenvalue weighted by Crippen LogP contribution is 2.40. The van der Waals surface area contributed by atoms with Gasteiger partial charge in [0.1, 0.15) is 5.76 Å². The number of benzene rings is 2. The summed E-state index contributed by atoms with van der Waals surface area (Å²) in [6, 6.07) is 18.6. The summed E-state index contributed by atoms with van der Waals surface area (Å²) in [6.07, 6.45) is 3.30. The molecule has 0 bridgehead atoms. The van der Waals surface area contributed by atoms with E-state index in [-0.39, 0.29) is 30.3 Å². The largest absolute Gasteiger partial charge is 0.507 e. The number of aromatic nitrogens is 1. The molecule has 0 aliphatic carbocycles. The van der Waals surface area contributed by atoms with Crippen molar-refractivity contribution >= 4 is 41.5 Å². The fourth-order valence-electron chi connectivity index (χ4n) is 3.48. The van der Waals surface area contributed by atoms with Gasteiger partial charge in [0, 0.05) is 29.5 Å². The predicted octanol–water partition coefficient (Wildman–Crippen LogP) is 4.78. The molecule has 5 nitrogen and oxygen atoms in total. The Morgan fingerprint density at radius 1 is 1.00 bits per heavy atom. The smallest absolute Gasteiger partial charge is 0.295 e. The van der Waals surface area contributed by atoms with Gasteiger partial charge in [0.25, 0.3) is 11.7 Å². The highest BCUT2D eigenvalue weighted by atomic mass is 35.5. The van der Waals surface area contributed by atoms with Crippen molar-refractivity contribution in [3.63, 3.8) is 0 Å². The lowest BCUT2D eigenvalue weighted by Gasteiger charge is -2.25. The Balaban J connectivity index is 0.00000256. The summed E-state index contributed by atoms with van der Waals surface area (Å²) in [4.78, 5) is 31.4. The number of likely N-dealkylation sites (tertiary alicyclic amines) is 1. The molecule has 3 aromatic rings. The van der Waals surface area contributed by atoms with Crippen LogP contribution in [0.2, 0.25) is 5.02 Å². The van der Waals surface area contributed by atoms with E-state index >= 15 is 0 Å². The summed E-state index contributed by atoms with van der Waals surface area (Å²) < 4.78 is 0. The van der Waals surface area contributed by atoms with Crippen LogP contribution in [0.25, 0.3) is 5.76 Å². The van der Waals surface area contributed by atoms with Crippen molar-refractivity contribution in [1.29, 1.82) is 0 Å². The Labute approximate surface area is 185 Å². The maximum absolute atomic E-state index is 12.9. The number of Topliss-reactive ketones (excluding diaryl/α,β-unsaturated/α-hetero) is 1. The van der Waals surface area contributed by atoms with Crippen LogP contribution in [0.4, 0.5) is 0 Å². The topological polar surface area (TPSA) is 70.5 Å². The van der Waals surface area contributed by atoms with Gasteiger partial charge in [0.05, 0.1) is 11.6 Å². The van der Waals surface area contributed by atoms with Gasteiger partial charge in [-0.3, -0.25) is 14.6 Å². The summed E-state index contributed by atoms with van der Waals surface area (Å²) >= 11 is 5.93. The molecule has 1 aliphatic rings. The Bertz CT molecular complexity index is 1080. The number of rotatable bonds is 4. The summed E-state index contributed by atoms with van der Waals surface area (Å²) in [7, 11) is 0. The monoisotopic (exact) mass is 440 g/mol. The Hall–Kier alpha value is -3.15. The van der Waals surface area contributed by atoms with Crippen LogP contribution < -0.4 is 0 Å². The van der Waals surface area contributed by atoms with Crippen LogP contribution in [-0.2, 0) is 16.1 Å². The molecule has 2 aromatic carbocycles. The van der Waals surface area contributed by atoms with Crippen molar-refractivity contribution in [1.82, 2.24) is 9.88 Å². The van der Waals surface area contributed by atoms with Gasteiger partial charge in [0.15, 0.2) is 0 Å². The third kappa shape index (κ3) is 4.08. The number of halogens is 2. The Morgan fingerprint density at radius 3 is 2.33 bits per heavy atom. The lowest BCUT2D eigenvalue weighted by molar-refractivity contribution is -0.140. The number of carbonyl (C=O) groups is 2. The van der Waals surface area contributed by atoms with E-state index in [2.05, 4.69) is 4.98 Å². The summed E-state index contributed by atoms with van der Waals surface area (Å²) in [5.41, 5.74) is 2.02. The average Bonchev–Trinajstić information content (AvgIpc) is 3.00. The van der Waals surface area contributed by atoms with Crippen molar-refractivity contribution in [2.24, 2.45) is 0 Å². The number of ketones is 1. The quantitative estimate of drug-likeness (QED) is 0.360. The van der Waals surface area contributed by atoms with E-state index in [1.807, 2.05) is 36.4 Å². The molecule has 1 unspecified atom stereocenters. The first-order valence-corrected chi connectivity index (χ1v) is 9.42. The lowest BCUT2D eigenvalue weighted by atomic mass is 9.95. The maximum Gasteiger partial charge on any atom is 0.295 e. The fraction of sp³-hybridized carbons (Fsp3) is 0.0870. The molecular weight excluding hydrogens is 423 g/mol. The van der Waals surface area contributed by atoms with E-state index in [1.165, 1.54) is 4.90 Å². The minimum atomic E-state index is -0.713. The summed E-state index contributed by atoms with van der Waals surface area (Å²) in [5.74, 6) is -1.59. The van der Waals surface area contributed by atoms with Crippen LogP contribution >= 0.6 is 24.0 Å². The molecule has 1 N–H and O–H groups in total. The second-order valence-corrected chi connectivity index (χ2v) is 7.14. The summed E-state index contributed by atoms with van der Waals surface area (Å²) in [6.45, 7) is 0.204. The number of hydrogen-bond acceptors (Lipinski definition) is 4. The van der Waals surface area contributed by atoms with Gasteiger partial charge >= 0.3 is 0 Å². The van der Waals surface area contributed by atoms with Crippen molar-refractivity contribution in [2.45, 2.75) is 12.6 Å². The van der Waals surface area contributed by atoms with Crippen molar-refractivity contribution in [2.75, 3.05) is 0 Å². The molecule has 152 valence electrons. The molecule has 1 amide bonds. The molecule has 30 heavy (non-hydrogen) atoms. The molecule has 2 heterocycles. The third-order valence-electron chi connectivity index (χ3n) is 4.85. The minimum absolute atomic E-state index is 0. The average molecular weight is 441 g/mol. The molecule has 7 heteroatoms. The highest BCUT2D eigenvalue weighted by molar-refractivity contribution is 6.46. The first-order chi connectivity index (χ1) is 14.1. The van der Waals surface area contributed by atoms with E-state index in [0.717, 1.165) is 11.1 Å². The number of amides is 1. The van der Waals surface area contributed by atoms with Gasteiger partial charge in [-0.05, 0) is 41.5 Å². The van der Waals surface area contributed by atoms with Crippen LogP contribution in [0.5, 0.6) is 0 Å². The molecule has 1 fully saturated rings. The second-order valence-electron chi connectivity index (χ2n) is 6.71. The van der Waals surface area contributed by atoms with Crippen LogP contribution in [-0.4, -0.2) is 26.7 Å². The fourth-order valence-corrected chi connectivity index (χ4v) is 3.60. The Kier molecular flexibility index (Phi) is 6.55. The van der Waals surface area contributed by atoms with Gasteiger partial charge in [0.2, 0.25) is 0 Å². The SMILES string of the molecule is Cl.O=C1C(=O)N(Cc2cccnc2)C(c2ccccc2)C1=C(O)c1ccc(Cl)cc1. The lowest BCUT2D eigenvalue weighted by Crippen LogP contribution is -2.29. The first kappa shape index (κ1) is 21.6. The van der Waals surface area contributed by atoms with Gasteiger partial charge < -0.3 is 10.0 Å². The number of hydrogen-bond donors (Lipinski definition) is 1. The van der Waals surface area contributed by atoms with Crippen molar-refractivity contribution in [3.05, 3.63) is 106 Å². The number of aliphatic hydroxyl groups is 1. The summed E-state index contributed by atoms with van der Waals surface area (Å²) in [5, 5.41) is 11.5. The van der Waals surface area contributed by atoms with E-state index in [0.29, 0.717) is 10.6 Å². The molecular formula is C23H18Cl2N2O3. The van der Waals surface area contributed by atoms with Gasteiger partial charge in [-0.15, -0.1) is 12.4 Å². The first-order valence-electron chi connectivity index (χ1n) is 9.04. The maximum atomic E-state index is 12.9. The van der Waals surface area contributed by atoms with E-state index in [4.69, 9.17) is 11.6 Å². The van der Waals surface area contributed by atoms with Gasteiger partial charge in [-0.25, -0.2) is 0 Å². The standard InChI is InChI=1S/C23H17ClN2O3.ClH/c24-18-10-8-17(9-11-18)21(27)19-20(16-6-2-1-3-7-16)26(23(29)22(19)28)14-15-5-4-12-25-13-15;/h1-13,20,27H,14H2;1H. The molecule has 1 saturated heterocycles. The molecule has 1 aliphatic heterocycles. The zero-order valence-corrected chi connectivity index (χ0v) is 17.3. The van der Waals surface area contributed by atoms with Gasteiger partial charge in [-0.2, -0.15) is 0 Å². The molecule has 1 aromatic heterocycles. The second kappa shape index (κ2) is 9.11. The van der Waals surface area contributed by atoms with Crippen molar-refractivity contribution in [3.8, 4) is 0 Å². The van der Waals surface area contributed by atoms with Crippen LogP contribution in [0.1, 0.15) is 22.7 Å². The minimum Gasteiger partial charge on any atom is -0.507 e. The number of aliphatic hydroxyl groups excluding tert-OH is 1. The van der Waals surface area contributed by atoms with Crippen molar-refractivity contribution < 1.29 is 14.7 Å². The van der Waals surface area contributed by atoms with Crippen LogP contribution in [0.3, 0.4) is 0 Å². The molecule has 4 rings (SSSR count).